The lowest BCUT2D eigenvalue weighted by Gasteiger charge is -2.15. The highest BCUT2D eigenvalue weighted by molar-refractivity contribution is 5.34. The zero-order valence-electron chi connectivity index (χ0n) is 8.67. The van der Waals surface area contributed by atoms with E-state index in [4.69, 9.17) is 0 Å². The van der Waals surface area contributed by atoms with Crippen LogP contribution < -0.4 is 5.32 Å². The first-order valence-electron chi connectivity index (χ1n) is 5.65. The van der Waals surface area contributed by atoms with E-state index < -0.39 is 5.95 Å². The van der Waals surface area contributed by atoms with E-state index in [0.29, 0.717) is 11.2 Å². The molecule has 0 radical (unpaired) electrons. The molecule has 15 heavy (non-hydrogen) atoms. The van der Waals surface area contributed by atoms with Crippen LogP contribution >= 0.6 is 0 Å². The summed E-state index contributed by atoms with van der Waals surface area (Å²) in [5.74, 6) is 1.19. The largest absolute Gasteiger partial charge is 0.369 e. The Bertz CT molecular complexity index is 370. The van der Waals surface area contributed by atoms with E-state index in [9.17, 15) is 4.39 Å². The fourth-order valence-electron chi connectivity index (χ4n) is 2.36. The maximum Gasteiger partial charge on any atom is 0.214 e. The molecule has 1 heterocycles. The molecular weight excluding hydrogens is 191 g/mol. The number of nitrogens with zero attached hydrogens (tertiary/aromatic N) is 1. The summed E-state index contributed by atoms with van der Waals surface area (Å²) in [7, 11) is 0. The fraction of sp³-hybridized carbons (Fsp3) is 0.583. The third-order valence-corrected chi connectivity index (χ3v) is 3.67. The molecule has 0 saturated heterocycles. The van der Waals surface area contributed by atoms with E-state index in [2.05, 4.69) is 10.3 Å². The molecule has 0 bridgehead atoms. The molecule has 2 fully saturated rings. The number of halogens is 1. The van der Waals surface area contributed by atoms with Gasteiger partial charge >= 0.3 is 0 Å². The second-order valence-electron chi connectivity index (χ2n) is 4.84. The Morgan fingerprint density at radius 1 is 1.40 bits per heavy atom. The van der Waals surface area contributed by atoms with Crippen LogP contribution in [0, 0.1) is 17.3 Å². The van der Waals surface area contributed by atoms with Crippen molar-refractivity contribution in [2.45, 2.75) is 25.7 Å². The molecule has 0 aliphatic heterocycles. The minimum atomic E-state index is -0.406. The Hall–Kier alpha value is -1.12. The van der Waals surface area contributed by atoms with E-state index in [-0.39, 0.29) is 0 Å². The average molecular weight is 206 g/mol. The van der Waals surface area contributed by atoms with E-state index in [1.54, 1.807) is 6.07 Å². The maximum absolute atomic E-state index is 12.8. The van der Waals surface area contributed by atoms with Gasteiger partial charge in [-0.3, -0.25) is 0 Å². The van der Waals surface area contributed by atoms with Gasteiger partial charge in [0.1, 0.15) is 5.82 Å². The van der Waals surface area contributed by atoms with Crippen molar-refractivity contribution < 1.29 is 4.39 Å². The van der Waals surface area contributed by atoms with Crippen molar-refractivity contribution in [3.05, 3.63) is 24.1 Å². The van der Waals surface area contributed by atoms with Crippen molar-refractivity contribution in [1.82, 2.24) is 4.98 Å². The molecule has 2 saturated carbocycles. The number of pyridine rings is 1. The summed E-state index contributed by atoms with van der Waals surface area (Å²) in [5.41, 5.74) is 0.536. The maximum atomic E-state index is 12.8. The van der Waals surface area contributed by atoms with Crippen LogP contribution in [-0.4, -0.2) is 11.5 Å². The van der Waals surface area contributed by atoms with Gasteiger partial charge in [0.2, 0.25) is 5.95 Å². The number of nitrogens with one attached hydrogen (secondary N) is 1. The molecule has 1 N–H and O–H groups in total. The predicted octanol–water partition coefficient (Wildman–Crippen LogP) is 2.82. The lowest BCUT2D eigenvalue weighted by Crippen LogP contribution is -2.18. The highest BCUT2D eigenvalue weighted by Gasteiger charge is 2.53. The van der Waals surface area contributed by atoms with Gasteiger partial charge < -0.3 is 5.32 Å². The van der Waals surface area contributed by atoms with Crippen molar-refractivity contribution in [1.29, 1.82) is 0 Å². The second kappa shape index (κ2) is 3.19. The molecular formula is C12H15FN2. The van der Waals surface area contributed by atoms with Crippen LogP contribution in [0.1, 0.15) is 25.7 Å². The molecule has 0 atom stereocenters. The molecule has 3 heteroatoms. The lowest BCUT2D eigenvalue weighted by atomic mass is 10.0. The third kappa shape index (κ3) is 1.83. The molecule has 2 nitrogen and oxygen atoms in total. The van der Waals surface area contributed by atoms with Crippen LogP contribution in [0.4, 0.5) is 10.2 Å². The number of anilines is 1. The normalized spacial score (nSPS) is 22.5. The number of aromatic nitrogens is 1. The van der Waals surface area contributed by atoms with Gasteiger partial charge in [0.25, 0.3) is 0 Å². The van der Waals surface area contributed by atoms with Crippen molar-refractivity contribution >= 4 is 5.82 Å². The van der Waals surface area contributed by atoms with Gasteiger partial charge in [-0.1, -0.05) is 6.07 Å². The van der Waals surface area contributed by atoms with Crippen molar-refractivity contribution in [2.75, 3.05) is 11.9 Å². The summed E-state index contributed by atoms with van der Waals surface area (Å²) < 4.78 is 12.8. The van der Waals surface area contributed by atoms with E-state index in [1.807, 2.05) is 6.07 Å². The van der Waals surface area contributed by atoms with Gasteiger partial charge in [0.05, 0.1) is 0 Å². The Morgan fingerprint density at radius 3 is 2.80 bits per heavy atom. The summed E-state index contributed by atoms with van der Waals surface area (Å²) in [5, 5.41) is 3.26. The van der Waals surface area contributed by atoms with Gasteiger partial charge in [-0.25, -0.2) is 4.98 Å². The van der Waals surface area contributed by atoms with Crippen LogP contribution in [0.3, 0.4) is 0 Å². The minimum absolute atomic E-state index is 0.406. The van der Waals surface area contributed by atoms with E-state index >= 15 is 0 Å². The molecule has 80 valence electrons. The third-order valence-electron chi connectivity index (χ3n) is 3.67. The van der Waals surface area contributed by atoms with Gasteiger partial charge in [-0.05, 0) is 49.1 Å². The van der Waals surface area contributed by atoms with E-state index in [0.717, 1.165) is 12.5 Å². The first kappa shape index (κ1) is 9.13. The van der Waals surface area contributed by atoms with Crippen LogP contribution in [0.5, 0.6) is 0 Å². The zero-order valence-corrected chi connectivity index (χ0v) is 8.67. The molecule has 2 aliphatic rings. The average Bonchev–Trinajstić information content (AvgIpc) is 3.08. The smallest absolute Gasteiger partial charge is 0.214 e. The summed E-state index contributed by atoms with van der Waals surface area (Å²) in [6, 6.07) is 4.90. The molecule has 0 amide bonds. The van der Waals surface area contributed by atoms with Crippen LogP contribution in [0.2, 0.25) is 0 Å². The Balaban J connectivity index is 1.61. The lowest BCUT2D eigenvalue weighted by molar-refractivity contribution is 0.465. The zero-order chi connectivity index (χ0) is 10.3. The Labute approximate surface area is 88.9 Å². The molecule has 3 rings (SSSR count). The highest BCUT2D eigenvalue weighted by Crippen LogP contribution is 2.61. The quantitative estimate of drug-likeness (QED) is 0.766. The molecule has 0 unspecified atom stereocenters. The van der Waals surface area contributed by atoms with Crippen molar-refractivity contribution in [2.24, 2.45) is 11.3 Å². The second-order valence-corrected chi connectivity index (χ2v) is 4.84. The van der Waals surface area contributed by atoms with Crippen LogP contribution in [0.25, 0.3) is 0 Å². The monoisotopic (exact) mass is 206 g/mol. The minimum Gasteiger partial charge on any atom is -0.369 e. The topological polar surface area (TPSA) is 24.9 Å². The summed E-state index contributed by atoms with van der Waals surface area (Å²) >= 11 is 0. The Kier molecular flexibility index (Phi) is 1.94. The van der Waals surface area contributed by atoms with Crippen molar-refractivity contribution in [3.8, 4) is 0 Å². The molecule has 1 aromatic heterocycles. The summed E-state index contributed by atoms with van der Waals surface area (Å²) in [4.78, 5) is 3.81. The molecule has 0 spiro atoms. The van der Waals surface area contributed by atoms with Gasteiger partial charge in [-0.15, -0.1) is 0 Å². The fourth-order valence-corrected chi connectivity index (χ4v) is 2.36. The molecule has 2 aliphatic carbocycles. The number of hydrogen-bond acceptors (Lipinski definition) is 2. The summed E-state index contributed by atoms with van der Waals surface area (Å²) in [6.07, 6.45) is 5.44. The van der Waals surface area contributed by atoms with Gasteiger partial charge in [0.15, 0.2) is 0 Å². The first-order valence-corrected chi connectivity index (χ1v) is 5.65. The van der Waals surface area contributed by atoms with Crippen LogP contribution in [-0.2, 0) is 0 Å². The Morgan fingerprint density at radius 2 is 2.20 bits per heavy atom. The summed E-state index contributed by atoms with van der Waals surface area (Å²) in [6.45, 7) is 0.966. The number of rotatable bonds is 4. The van der Waals surface area contributed by atoms with Crippen LogP contribution in [0.15, 0.2) is 18.2 Å². The van der Waals surface area contributed by atoms with E-state index in [1.165, 1.54) is 31.7 Å². The van der Waals surface area contributed by atoms with Gasteiger partial charge in [0, 0.05) is 6.54 Å². The SMILES string of the molecule is Fc1cccc(NCC2(C3CC3)CC2)n1. The first-order chi connectivity index (χ1) is 7.28. The predicted molar refractivity (Wildman–Crippen MR) is 57.1 cm³/mol. The molecule has 1 aromatic rings. The van der Waals surface area contributed by atoms with Gasteiger partial charge in [-0.2, -0.15) is 4.39 Å². The highest BCUT2D eigenvalue weighted by atomic mass is 19.1. The molecule has 0 aromatic carbocycles. The standard InChI is InChI=1S/C12H15FN2/c13-10-2-1-3-11(15-10)14-8-12(6-7-12)9-4-5-9/h1-3,9H,4-8H2,(H,14,15). The number of hydrogen-bond donors (Lipinski definition) is 1. The van der Waals surface area contributed by atoms with Crippen molar-refractivity contribution in [3.63, 3.8) is 0 Å².